The van der Waals surface area contributed by atoms with E-state index >= 15 is 0 Å². The second-order valence-corrected chi connectivity index (χ2v) is 9.65. The third-order valence-electron chi connectivity index (χ3n) is 4.23. The Balaban J connectivity index is 1.67. The summed E-state index contributed by atoms with van der Waals surface area (Å²) < 4.78 is 38.1. The van der Waals surface area contributed by atoms with Crippen LogP contribution in [0.15, 0.2) is 52.3 Å². The molecule has 148 valence electrons. The number of nitrogens with one attached hydrogen (secondary N) is 2. The predicted octanol–water partition coefficient (Wildman–Crippen LogP) is 3.31. The molecule has 2 aromatic carbocycles. The fourth-order valence-electron chi connectivity index (χ4n) is 2.57. The van der Waals surface area contributed by atoms with Crippen molar-refractivity contribution < 1.29 is 22.4 Å². The maximum absolute atomic E-state index is 12.9. The average Bonchev–Trinajstić information content (AvgIpc) is 2.80. The topological polar surface area (TPSA) is 92.3 Å². The first-order chi connectivity index (χ1) is 13.2. The van der Waals surface area contributed by atoms with E-state index < -0.39 is 21.6 Å². The van der Waals surface area contributed by atoms with Gasteiger partial charge in [0, 0.05) is 28.7 Å². The molecule has 0 fully saturated rings. The zero-order valence-corrected chi connectivity index (χ0v) is 16.7. The summed E-state index contributed by atoms with van der Waals surface area (Å²) in [5.74, 6) is -0.997. The summed E-state index contributed by atoms with van der Waals surface area (Å²) >= 11 is 1.49. The standard InChI is InChI=1S/C19H19FN2O4S2/c1-12-11-27-17-7-6-15(10-16(17)22-19(12)24)28(25,26)9-8-18(23)21-14-4-2-13(20)3-5-14/h2-7,10,12H,8-9,11H2,1H3,(H,21,23)(H,22,24). The van der Waals surface area contributed by atoms with Crippen molar-refractivity contribution in [1.82, 2.24) is 0 Å². The molecule has 28 heavy (non-hydrogen) atoms. The number of sulfone groups is 1. The molecule has 3 rings (SSSR count). The predicted molar refractivity (Wildman–Crippen MR) is 107 cm³/mol. The average molecular weight is 423 g/mol. The number of halogens is 1. The number of fused-ring (bicyclic) bond motifs is 1. The van der Waals surface area contributed by atoms with Crippen molar-refractivity contribution in [3.63, 3.8) is 0 Å². The number of carbonyl (C=O) groups is 2. The SMILES string of the molecule is CC1CSc2ccc(S(=O)(=O)CCC(=O)Nc3ccc(F)cc3)cc2NC1=O. The Morgan fingerprint density at radius 1 is 1.25 bits per heavy atom. The quantitative estimate of drug-likeness (QED) is 0.771. The number of hydrogen-bond acceptors (Lipinski definition) is 5. The van der Waals surface area contributed by atoms with Crippen LogP contribution >= 0.6 is 11.8 Å². The van der Waals surface area contributed by atoms with Crippen LogP contribution in [-0.2, 0) is 19.4 Å². The number of benzene rings is 2. The van der Waals surface area contributed by atoms with Crippen molar-refractivity contribution in [2.75, 3.05) is 22.1 Å². The number of thioether (sulfide) groups is 1. The van der Waals surface area contributed by atoms with Gasteiger partial charge < -0.3 is 10.6 Å². The minimum Gasteiger partial charge on any atom is -0.326 e. The van der Waals surface area contributed by atoms with Gasteiger partial charge in [0.15, 0.2) is 9.84 Å². The van der Waals surface area contributed by atoms with Gasteiger partial charge in [-0.2, -0.15) is 0 Å². The summed E-state index contributed by atoms with van der Waals surface area (Å²) in [7, 11) is -3.71. The van der Waals surface area contributed by atoms with E-state index in [0.29, 0.717) is 17.1 Å². The first-order valence-electron chi connectivity index (χ1n) is 8.60. The van der Waals surface area contributed by atoms with E-state index in [-0.39, 0.29) is 28.9 Å². The highest BCUT2D eigenvalue weighted by Crippen LogP contribution is 2.34. The van der Waals surface area contributed by atoms with Crippen LogP contribution in [0, 0.1) is 11.7 Å². The fourth-order valence-corrected chi connectivity index (χ4v) is 4.85. The van der Waals surface area contributed by atoms with Crippen molar-refractivity contribution >= 4 is 44.8 Å². The van der Waals surface area contributed by atoms with Crippen LogP contribution in [0.2, 0.25) is 0 Å². The normalized spacial score (nSPS) is 16.6. The molecule has 1 unspecified atom stereocenters. The lowest BCUT2D eigenvalue weighted by Crippen LogP contribution is -2.20. The third-order valence-corrected chi connectivity index (χ3v) is 7.28. The maximum Gasteiger partial charge on any atom is 0.228 e. The molecule has 9 heteroatoms. The Hall–Kier alpha value is -2.39. The minimum atomic E-state index is -3.71. The first-order valence-corrected chi connectivity index (χ1v) is 11.2. The molecule has 1 aliphatic rings. The summed E-state index contributed by atoms with van der Waals surface area (Å²) in [6.07, 6.45) is -0.241. The van der Waals surface area contributed by atoms with Gasteiger partial charge in [0.1, 0.15) is 5.82 Å². The minimum absolute atomic E-state index is 0.0521. The van der Waals surface area contributed by atoms with E-state index in [0.717, 1.165) is 4.90 Å². The highest BCUT2D eigenvalue weighted by Gasteiger charge is 2.23. The molecule has 2 aromatic rings. The Morgan fingerprint density at radius 2 is 1.96 bits per heavy atom. The number of rotatable bonds is 5. The van der Waals surface area contributed by atoms with E-state index in [1.165, 1.54) is 48.2 Å². The lowest BCUT2D eigenvalue weighted by Gasteiger charge is -2.10. The molecule has 0 radical (unpaired) electrons. The monoisotopic (exact) mass is 422 g/mol. The summed E-state index contributed by atoms with van der Waals surface area (Å²) in [4.78, 5) is 24.9. The molecule has 2 amide bonds. The highest BCUT2D eigenvalue weighted by atomic mass is 32.2. The van der Waals surface area contributed by atoms with Crippen molar-refractivity contribution in [1.29, 1.82) is 0 Å². The van der Waals surface area contributed by atoms with Crippen molar-refractivity contribution in [3.05, 3.63) is 48.3 Å². The van der Waals surface area contributed by atoms with E-state index in [4.69, 9.17) is 0 Å². The van der Waals surface area contributed by atoms with Gasteiger partial charge in [-0.15, -0.1) is 11.8 Å². The molecule has 0 spiro atoms. The smallest absolute Gasteiger partial charge is 0.228 e. The van der Waals surface area contributed by atoms with Gasteiger partial charge in [-0.05, 0) is 42.5 Å². The van der Waals surface area contributed by atoms with E-state index in [1.54, 1.807) is 6.07 Å². The molecular formula is C19H19FN2O4S2. The van der Waals surface area contributed by atoms with E-state index in [9.17, 15) is 22.4 Å². The van der Waals surface area contributed by atoms with Gasteiger partial charge in [0.2, 0.25) is 11.8 Å². The summed E-state index contributed by atoms with van der Waals surface area (Å²) in [5.41, 5.74) is 0.860. The first kappa shape index (κ1) is 20.3. The van der Waals surface area contributed by atoms with Crippen LogP contribution < -0.4 is 10.6 Å². The molecule has 1 aliphatic heterocycles. The second-order valence-electron chi connectivity index (χ2n) is 6.48. The lowest BCUT2D eigenvalue weighted by atomic mass is 10.2. The summed E-state index contributed by atoms with van der Waals surface area (Å²) in [6, 6.07) is 9.80. The Morgan fingerprint density at radius 3 is 2.68 bits per heavy atom. The van der Waals surface area contributed by atoms with Crippen molar-refractivity contribution in [3.8, 4) is 0 Å². The molecule has 2 N–H and O–H groups in total. The van der Waals surface area contributed by atoms with Crippen LogP contribution in [0.5, 0.6) is 0 Å². The van der Waals surface area contributed by atoms with Gasteiger partial charge in [0.05, 0.1) is 16.3 Å². The molecule has 6 nitrogen and oxygen atoms in total. The molecule has 0 saturated heterocycles. The van der Waals surface area contributed by atoms with Crippen molar-refractivity contribution in [2.45, 2.75) is 23.1 Å². The molecule has 0 bridgehead atoms. The highest BCUT2D eigenvalue weighted by molar-refractivity contribution is 7.99. The fraction of sp³-hybridized carbons (Fsp3) is 0.263. The van der Waals surface area contributed by atoms with Crippen molar-refractivity contribution in [2.24, 2.45) is 5.92 Å². The van der Waals surface area contributed by atoms with Gasteiger partial charge in [-0.1, -0.05) is 6.92 Å². The Kier molecular flexibility index (Phi) is 6.04. The molecular weight excluding hydrogens is 403 g/mol. The number of anilines is 2. The van der Waals surface area contributed by atoms with Gasteiger partial charge in [-0.25, -0.2) is 12.8 Å². The number of carbonyl (C=O) groups excluding carboxylic acids is 2. The van der Waals surface area contributed by atoms with Crippen LogP contribution in [0.4, 0.5) is 15.8 Å². The van der Waals surface area contributed by atoms with Gasteiger partial charge in [0.25, 0.3) is 0 Å². The van der Waals surface area contributed by atoms with Gasteiger partial charge in [-0.3, -0.25) is 9.59 Å². The molecule has 0 aliphatic carbocycles. The van der Waals surface area contributed by atoms with Crippen LogP contribution in [0.1, 0.15) is 13.3 Å². The van der Waals surface area contributed by atoms with Crippen LogP contribution in [0.3, 0.4) is 0 Å². The second kappa shape index (κ2) is 8.32. The molecule has 0 saturated carbocycles. The molecule has 0 aromatic heterocycles. The van der Waals surface area contributed by atoms with Gasteiger partial charge >= 0.3 is 0 Å². The molecule has 1 atom stereocenters. The van der Waals surface area contributed by atoms with Crippen LogP contribution in [0.25, 0.3) is 0 Å². The number of amides is 2. The lowest BCUT2D eigenvalue weighted by molar-refractivity contribution is -0.118. The summed E-state index contributed by atoms with van der Waals surface area (Å²) in [5, 5.41) is 5.28. The summed E-state index contributed by atoms with van der Waals surface area (Å²) in [6.45, 7) is 1.81. The Bertz CT molecular complexity index is 1010. The number of hydrogen-bond donors (Lipinski definition) is 2. The maximum atomic E-state index is 12.9. The molecule has 1 heterocycles. The zero-order valence-electron chi connectivity index (χ0n) is 15.1. The third kappa shape index (κ3) is 4.90. The van der Waals surface area contributed by atoms with E-state index in [1.807, 2.05) is 6.92 Å². The van der Waals surface area contributed by atoms with E-state index in [2.05, 4.69) is 10.6 Å². The van der Waals surface area contributed by atoms with Crippen LogP contribution in [-0.4, -0.2) is 31.7 Å². The Labute approximate surface area is 166 Å². The zero-order chi connectivity index (χ0) is 20.3. The largest absolute Gasteiger partial charge is 0.326 e.